The average Bonchev–Trinajstić information content (AvgIpc) is 2.82. The van der Waals surface area contributed by atoms with Crippen LogP contribution >= 0.6 is 23.2 Å². The molecule has 0 saturated carbocycles. The molecule has 0 fully saturated rings. The smallest absolute Gasteiger partial charge is 0.199 e. The van der Waals surface area contributed by atoms with E-state index in [1.54, 1.807) is 0 Å². The molecule has 96 valence electrons. The molecule has 0 atom stereocenters. The zero-order valence-electron chi connectivity index (χ0n) is 10.4. The Hall–Kier alpha value is -1.65. The van der Waals surface area contributed by atoms with Crippen molar-refractivity contribution < 1.29 is 0 Å². The summed E-state index contributed by atoms with van der Waals surface area (Å²) in [6, 6.07) is 7.51. The highest BCUT2D eigenvalue weighted by Crippen LogP contribution is 2.29. The number of halogens is 2. The molecule has 0 unspecified atom stereocenters. The summed E-state index contributed by atoms with van der Waals surface area (Å²) in [6.07, 6.45) is 0. The van der Waals surface area contributed by atoms with Gasteiger partial charge < -0.3 is 0 Å². The van der Waals surface area contributed by atoms with Gasteiger partial charge in [0, 0.05) is 11.3 Å². The summed E-state index contributed by atoms with van der Waals surface area (Å²) < 4.78 is 1.88. The quantitative estimate of drug-likeness (QED) is 0.687. The summed E-state index contributed by atoms with van der Waals surface area (Å²) in [7, 11) is 0. The molecule has 1 aromatic carbocycles. The Morgan fingerprint density at radius 1 is 1.05 bits per heavy atom. The van der Waals surface area contributed by atoms with Gasteiger partial charge in [-0.15, -0.1) is 10.2 Å². The number of aromatic nitrogens is 4. The highest BCUT2D eigenvalue weighted by molar-refractivity contribution is 6.33. The molecule has 6 heteroatoms. The van der Waals surface area contributed by atoms with Crippen LogP contribution < -0.4 is 0 Å². The number of fused-ring (bicyclic) bond motifs is 1. The average molecular weight is 293 g/mol. The lowest BCUT2D eigenvalue weighted by Crippen LogP contribution is -2.01. The molecule has 0 amide bonds. The Kier molecular flexibility index (Phi) is 2.92. The number of nitrogens with zero attached hydrogens (tertiary/aromatic N) is 4. The lowest BCUT2D eigenvalue weighted by Gasteiger charge is -2.08. The lowest BCUT2D eigenvalue weighted by atomic mass is 10.2. The molecule has 0 saturated heterocycles. The Morgan fingerprint density at radius 3 is 2.53 bits per heavy atom. The molecule has 0 aliphatic carbocycles. The van der Waals surface area contributed by atoms with Gasteiger partial charge in [-0.2, -0.15) is 0 Å². The van der Waals surface area contributed by atoms with Crippen molar-refractivity contribution >= 4 is 28.8 Å². The molecule has 0 N–H and O–H groups in total. The Balaban J connectivity index is 2.41. The highest BCUT2D eigenvalue weighted by Gasteiger charge is 2.16. The van der Waals surface area contributed by atoms with Crippen molar-refractivity contribution in [2.24, 2.45) is 0 Å². The predicted octanol–water partition coefficient (Wildman–Crippen LogP) is 3.71. The first-order valence-electron chi connectivity index (χ1n) is 5.72. The molecular formula is C13H10Cl2N4. The van der Waals surface area contributed by atoms with Crippen LogP contribution in [0.25, 0.3) is 17.0 Å². The fraction of sp³-hybridized carbons (Fsp3) is 0.154. The van der Waals surface area contributed by atoms with Crippen molar-refractivity contribution in [2.45, 2.75) is 13.8 Å². The topological polar surface area (TPSA) is 43.1 Å². The van der Waals surface area contributed by atoms with Gasteiger partial charge in [0.25, 0.3) is 0 Å². The minimum absolute atomic E-state index is 0.342. The SMILES string of the molecule is Cc1nc(Cl)c2nnc(-c3ccccc3Cl)n2c1C. The van der Waals surface area contributed by atoms with E-state index in [1.807, 2.05) is 42.5 Å². The molecule has 2 aromatic heterocycles. The zero-order valence-corrected chi connectivity index (χ0v) is 11.9. The molecule has 0 aliphatic heterocycles. The molecule has 0 spiro atoms. The second kappa shape index (κ2) is 4.47. The first-order chi connectivity index (χ1) is 9.09. The van der Waals surface area contributed by atoms with Crippen LogP contribution in [0.4, 0.5) is 0 Å². The monoisotopic (exact) mass is 292 g/mol. The van der Waals surface area contributed by atoms with Gasteiger partial charge in [0.2, 0.25) is 0 Å². The molecule has 0 aliphatic rings. The molecule has 2 heterocycles. The fourth-order valence-electron chi connectivity index (χ4n) is 1.99. The largest absolute Gasteiger partial charge is 0.275 e. The van der Waals surface area contributed by atoms with Crippen molar-refractivity contribution in [3.05, 3.63) is 45.8 Å². The van der Waals surface area contributed by atoms with Gasteiger partial charge in [-0.25, -0.2) is 4.98 Å². The first-order valence-corrected chi connectivity index (χ1v) is 6.48. The second-order valence-corrected chi connectivity index (χ2v) is 5.00. The first kappa shape index (κ1) is 12.4. The van der Waals surface area contributed by atoms with Crippen LogP contribution in [0, 0.1) is 13.8 Å². The Morgan fingerprint density at radius 2 is 1.79 bits per heavy atom. The van der Waals surface area contributed by atoms with Gasteiger partial charge >= 0.3 is 0 Å². The summed E-state index contributed by atoms with van der Waals surface area (Å²) in [4.78, 5) is 4.24. The fourth-order valence-corrected chi connectivity index (χ4v) is 2.46. The predicted molar refractivity (Wildman–Crippen MR) is 75.7 cm³/mol. The van der Waals surface area contributed by atoms with Gasteiger partial charge in [0.1, 0.15) is 0 Å². The van der Waals surface area contributed by atoms with E-state index in [4.69, 9.17) is 23.2 Å². The van der Waals surface area contributed by atoms with Crippen molar-refractivity contribution in [2.75, 3.05) is 0 Å². The summed E-state index contributed by atoms with van der Waals surface area (Å²) in [6.45, 7) is 3.85. The highest BCUT2D eigenvalue weighted by atomic mass is 35.5. The van der Waals surface area contributed by atoms with E-state index in [0.29, 0.717) is 21.6 Å². The minimum atomic E-state index is 0.342. The third kappa shape index (κ3) is 1.88. The summed E-state index contributed by atoms with van der Waals surface area (Å²) >= 11 is 12.3. The van der Waals surface area contributed by atoms with Crippen molar-refractivity contribution in [3.63, 3.8) is 0 Å². The second-order valence-electron chi connectivity index (χ2n) is 4.24. The van der Waals surface area contributed by atoms with Crippen LogP contribution in [0.15, 0.2) is 24.3 Å². The third-order valence-electron chi connectivity index (χ3n) is 3.09. The van der Waals surface area contributed by atoms with E-state index < -0.39 is 0 Å². The lowest BCUT2D eigenvalue weighted by molar-refractivity contribution is 1.000. The van der Waals surface area contributed by atoms with E-state index in [2.05, 4.69) is 15.2 Å². The van der Waals surface area contributed by atoms with E-state index in [9.17, 15) is 0 Å². The molecule has 3 rings (SSSR count). The molecule has 4 nitrogen and oxygen atoms in total. The van der Waals surface area contributed by atoms with Crippen LogP contribution in [-0.2, 0) is 0 Å². The van der Waals surface area contributed by atoms with Crippen molar-refractivity contribution in [3.8, 4) is 11.4 Å². The van der Waals surface area contributed by atoms with Crippen molar-refractivity contribution in [1.29, 1.82) is 0 Å². The minimum Gasteiger partial charge on any atom is -0.275 e. The van der Waals surface area contributed by atoms with E-state index in [0.717, 1.165) is 17.0 Å². The number of hydrogen-bond acceptors (Lipinski definition) is 3. The maximum absolute atomic E-state index is 6.22. The number of hydrogen-bond donors (Lipinski definition) is 0. The van der Waals surface area contributed by atoms with Crippen LogP contribution in [-0.4, -0.2) is 19.6 Å². The molecule has 3 aromatic rings. The zero-order chi connectivity index (χ0) is 13.6. The molecular weight excluding hydrogens is 283 g/mol. The third-order valence-corrected chi connectivity index (χ3v) is 3.67. The van der Waals surface area contributed by atoms with Crippen LogP contribution in [0.5, 0.6) is 0 Å². The van der Waals surface area contributed by atoms with Crippen LogP contribution in [0.3, 0.4) is 0 Å². The number of rotatable bonds is 1. The number of aryl methyl sites for hydroxylation is 2. The van der Waals surface area contributed by atoms with Gasteiger partial charge in [-0.3, -0.25) is 4.40 Å². The van der Waals surface area contributed by atoms with Gasteiger partial charge in [-0.1, -0.05) is 35.3 Å². The number of benzene rings is 1. The maximum Gasteiger partial charge on any atom is 0.199 e. The Labute approximate surface area is 120 Å². The van der Waals surface area contributed by atoms with E-state index in [1.165, 1.54) is 0 Å². The molecule has 0 radical (unpaired) electrons. The summed E-state index contributed by atoms with van der Waals surface area (Å²) in [5, 5.41) is 9.26. The maximum atomic E-state index is 6.22. The van der Waals surface area contributed by atoms with Crippen molar-refractivity contribution in [1.82, 2.24) is 19.6 Å². The Bertz CT molecular complexity index is 780. The van der Waals surface area contributed by atoms with Crippen LogP contribution in [0.2, 0.25) is 10.2 Å². The van der Waals surface area contributed by atoms with Crippen LogP contribution in [0.1, 0.15) is 11.4 Å². The van der Waals surface area contributed by atoms with Gasteiger partial charge in [-0.05, 0) is 26.0 Å². The summed E-state index contributed by atoms with van der Waals surface area (Å²) in [5.41, 5.74) is 3.14. The van der Waals surface area contributed by atoms with E-state index >= 15 is 0 Å². The molecule has 19 heavy (non-hydrogen) atoms. The van der Waals surface area contributed by atoms with E-state index in [-0.39, 0.29) is 0 Å². The summed E-state index contributed by atoms with van der Waals surface area (Å²) in [5.74, 6) is 0.672. The van der Waals surface area contributed by atoms with Gasteiger partial charge in [0.15, 0.2) is 16.6 Å². The standard InChI is InChI=1S/C13H10Cl2N4/c1-7-8(2)19-12(9-5-3-4-6-10(9)14)17-18-13(19)11(15)16-7/h3-6H,1-2H3. The molecule has 0 bridgehead atoms. The van der Waals surface area contributed by atoms with Gasteiger partial charge in [0.05, 0.1) is 10.7 Å². The normalized spacial score (nSPS) is 11.2.